The molecule has 1 amide bonds. The van der Waals surface area contributed by atoms with Crippen LogP contribution in [-0.2, 0) is 14.3 Å². The second-order valence-corrected chi connectivity index (χ2v) is 7.62. The van der Waals surface area contributed by atoms with E-state index in [2.05, 4.69) is 5.32 Å². The summed E-state index contributed by atoms with van der Waals surface area (Å²) in [4.78, 5) is 47.9. The van der Waals surface area contributed by atoms with Gasteiger partial charge in [-0.2, -0.15) is 0 Å². The van der Waals surface area contributed by atoms with Crippen molar-refractivity contribution in [2.24, 2.45) is 0 Å². The first-order valence-corrected chi connectivity index (χ1v) is 10.1. The number of hydrogen-bond donors (Lipinski definition) is 1. The molecule has 0 spiro atoms. The number of nitrogens with zero attached hydrogens (tertiary/aromatic N) is 1. The molecule has 1 aromatic carbocycles. The van der Waals surface area contributed by atoms with Gasteiger partial charge in [-0.15, -0.1) is 11.3 Å². The summed E-state index contributed by atoms with van der Waals surface area (Å²) in [5, 5.41) is 13.9. The van der Waals surface area contributed by atoms with Crippen LogP contribution in [-0.4, -0.2) is 43.1 Å². The van der Waals surface area contributed by atoms with Crippen LogP contribution in [0.4, 0.5) is 10.7 Å². The van der Waals surface area contributed by atoms with Gasteiger partial charge in [-0.25, -0.2) is 9.59 Å². The maximum Gasteiger partial charge on any atom is 0.341 e. The lowest BCUT2D eigenvalue weighted by atomic mass is 10.1. The second-order valence-electron chi connectivity index (χ2n) is 6.53. The Hall–Kier alpha value is -3.47. The molecule has 0 aliphatic carbocycles. The van der Waals surface area contributed by atoms with E-state index < -0.39 is 35.1 Å². The molecule has 0 unspecified atom stereocenters. The Labute approximate surface area is 182 Å². The van der Waals surface area contributed by atoms with Crippen molar-refractivity contribution in [1.82, 2.24) is 0 Å². The quantitative estimate of drug-likeness (QED) is 0.347. The highest BCUT2D eigenvalue weighted by Gasteiger charge is 2.22. The summed E-state index contributed by atoms with van der Waals surface area (Å²) in [7, 11) is 1.27. The van der Waals surface area contributed by atoms with Crippen molar-refractivity contribution in [3.63, 3.8) is 0 Å². The number of methoxy groups -OCH3 is 1. The summed E-state index contributed by atoms with van der Waals surface area (Å²) in [6.07, 6.45) is 0. The van der Waals surface area contributed by atoms with E-state index in [1.807, 2.05) is 13.8 Å². The predicted octanol–water partition coefficient (Wildman–Crippen LogP) is 3.76. The summed E-state index contributed by atoms with van der Waals surface area (Å²) in [5.41, 5.74) is -0.285. The zero-order chi connectivity index (χ0) is 23.1. The van der Waals surface area contributed by atoms with E-state index >= 15 is 0 Å². The van der Waals surface area contributed by atoms with Crippen LogP contribution in [0.3, 0.4) is 0 Å². The van der Waals surface area contributed by atoms with Gasteiger partial charge >= 0.3 is 17.6 Å². The summed E-state index contributed by atoms with van der Waals surface area (Å²) >= 11 is 1.23. The molecule has 1 N–H and O–H groups in total. The van der Waals surface area contributed by atoms with E-state index in [9.17, 15) is 24.5 Å². The SMILES string of the molecule is CCOC(=O)c1cc(C(C)C)sc1NC(=O)COC(=O)c1ccc(OC)c([N+](=O)[O-])c1. The highest BCUT2D eigenvalue weighted by atomic mass is 32.1. The lowest BCUT2D eigenvalue weighted by Gasteiger charge is -2.08. The predicted molar refractivity (Wildman–Crippen MR) is 113 cm³/mol. The van der Waals surface area contributed by atoms with Crippen LogP contribution in [0, 0.1) is 10.1 Å². The van der Waals surface area contributed by atoms with Gasteiger partial charge in [0.2, 0.25) is 0 Å². The van der Waals surface area contributed by atoms with Gasteiger partial charge in [0.1, 0.15) is 5.00 Å². The zero-order valence-corrected chi connectivity index (χ0v) is 18.2. The summed E-state index contributed by atoms with van der Waals surface area (Å²) in [6.45, 7) is 5.11. The van der Waals surface area contributed by atoms with Crippen LogP contribution < -0.4 is 10.1 Å². The molecule has 0 bridgehead atoms. The van der Waals surface area contributed by atoms with E-state index in [1.54, 1.807) is 13.0 Å². The minimum atomic E-state index is -0.916. The molecular weight excluding hydrogens is 428 g/mol. The van der Waals surface area contributed by atoms with Crippen LogP contribution in [0.15, 0.2) is 24.3 Å². The smallest absolute Gasteiger partial charge is 0.341 e. The highest BCUT2D eigenvalue weighted by molar-refractivity contribution is 7.16. The lowest BCUT2D eigenvalue weighted by Crippen LogP contribution is -2.21. The number of nitro groups is 1. The number of ether oxygens (including phenoxy) is 3. The van der Waals surface area contributed by atoms with Crippen molar-refractivity contribution < 1.29 is 33.5 Å². The minimum Gasteiger partial charge on any atom is -0.490 e. The fourth-order valence-corrected chi connectivity index (χ4v) is 3.55. The van der Waals surface area contributed by atoms with Crippen molar-refractivity contribution in [3.05, 3.63) is 50.4 Å². The van der Waals surface area contributed by atoms with Crippen LogP contribution in [0.2, 0.25) is 0 Å². The summed E-state index contributed by atoms with van der Waals surface area (Å²) in [5.74, 6) is -2.03. The number of nitrogens with one attached hydrogen (secondary N) is 1. The second kappa shape index (κ2) is 10.5. The number of anilines is 1. The Bertz CT molecular complexity index is 999. The van der Waals surface area contributed by atoms with Gasteiger partial charge in [0.05, 0.1) is 29.8 Å². The molecule has 31 heavy (non-hydrogen) atoms. The average molecular weight is 450 g/mol. The molecule has 0 saturated carbocycles. The van der Waals surface area contributed by atoms with E-state index in [0.29, 0.717) is 5.00 Å². The lowest BCUT2D eigenvalue weighted by molar-refractivity contribution is -0.385. The van der Waals surface area contributed by atoms with Crippen molar-refractivity contribution in [3.8, 4) is 5.75 Å². The Morgan fingerprint density at radius 1 is 1.16 bits per heavy atom. The number of esters is 2. The number of rotatable bonds is 9. The number of thiophene rings is 1. The number of nitro benzene ring substituents is 1. The fourth-order valence-electron chi connectivity index (χ4n) is 2.48. The maximum atomic E-state index is 12.3. The molecule has 2 aromatic rings. The Morgan fingerprint density at radius 3 is 2.45 bits per heavy atom. The molecule has 10 nitrogen and oxygen atoms in total. The fraction of sp³-hybridized carbons (Fsp3) is 0.350. The third kappa shape index (κ3) is 6.01. The number of benzene rings is 1. The number of carbonyl (C=O) groups excluding carboxylic acids is 3. The normalized spacial score (nSPS) is 10.5. The van der Waals surface area contributed by atoms with Crippen molar-refractivity contribution in [2.75, 3.05) is 25.6 Å². The summed E-state index contributed by atoms with van der Waals surface area (Å²) < 4.78 is 14.8. The molecule has 2 rings (SSSR count). The molecule has 0 radical (unpaired) electrons. The monoisotopic (exact) mass is 450 g/mol. The number of hydrogen-bond acceptors (Lipinski definition) is 9. The van der Waals surface area contributed by atoms with E-state index in [1.165, 1.54) is 30.6 Å². The molecule has 1 aromatic heterocycles. The average Bonchev–Trinajstić information content (AvgIpc) is 3.15. The van der Waals surface area contributed by atoms with Gasteiger partial charge in [0.15, 0.2) is 12.4 Å². The van der Waals surface area contributed by atoms with Crippen LogP contribution in [0.1, 0.15) is 52.3 Å². The van der Waals surface area contributed by atoms with Gasteiger partial charge in [0, 0.05) is 10.9 Å². The molecule has 0 aliphatic heterocycles. The Kier molecular flexibility index (Phi) is 8.08. The largest absolute Gasteiger partial charge is 0.490 e. The van der Waals surface area contributed by atoms with Gasteiger partial charge in [-0.05, 0) is 31.0 Å². The van der Waals surface area contributed by atoms with Crippen LogP contribution in [0.5, 0.6) is 5.75 Å². The van der Waals surface area contributed by atoms with Crippen molar-refractivity contribution in [2.45, 2.75) is 26.7 Å². The van der Waals surface area contributed by atoms with E-state index in [4.69, 9.17) is 14.2 Å². The van der Waals surface area contributed by atoms with E-state index in [0.717, 1.165) is 10.9 Å². The topological polar surface area (TPSA) is 134 Å². The molecule has 0 fully saturated rings. The first-order chi connectivity index (χ1) is 14.7. The highest BCUT2D eigenvalue weighted by Crippen LogP contribution is 2.33. The van der Waals surface area contributed by atoms with Gasteiger partial charge in [-0.3, -0.25) is 14.9 Å². The van der Waals surface area contributed by atoms with Gasteiger partial charge < -0.3 is 19.5 Å². The van der Waals surface area contributed by atoms with Gasteiger partial charge in [0.25, 0.3) is 5.91 Å². The van der Waals surface area contributed by atoms with Crippen molar-refractivity contribution >= 4 is 39.9 Å². The van der Waals surface area contributed by atoms with Crippen LogP contribution in [0.25, 0.3) is 0 Å². The molecular formula is C20H22N2O8S. The van der Waals surface area contributed by atoms with Crippen LogP contribution >= 0.6 is 11.3 Å². The Morgan fingerprint density at radius 2 is 1.87 bits per heavy atom. The molecule has 0 atom stereocenters. The summed E-state index contributed by atoms with van der Waals surface area (Å²) in [6, 6.07) is 5.22. The molecule has 11 heteroatoms. The first kappa shape index (κ1) is 23.8. The first-order valence-electron chi connectivity index (χ1n) is 9.28. The van der Waals surface area contributed by atoms with E-state index in [-0.39, 0.29) is 29.4 Å². The van der Waals surface area contributed by atoms with Gasteiger partial charge in [-0.1, -0.05) is 13.8 Å². The number of carbonyl (C=O) groups is 3. The molecule has 166 valence electrons. The third-order valence-electron chi connectivity index (χ3n) is 4.01. The molecule has 1 heterocycles. The Balaban J connectivity index is 2.08. The zero-order valence-electron chi connectivity index (χ0n) is 17.4. The molecule has 0 saturated heterocycles. The molecule has 0 aliphatic rings. The third-order valence-corrected chi connectivity index (χ3v) is 5.37. The number of amides is 1. The van der Waals surface area contributed by atoms with Crippen molar-refractivity contribution in [1.29, 1.82) is 0 Å². The standard InChI is InChI=1S/C20H22N2O8S/c1-5-29-20(25)13-9-16(11(2)3)31-18(13)21-17(23)10-30-19(24)12-6-7-15(28-4)14(8-12)22(26)27/h6-9,11H,5,10H2,1-4H3,(H,21,23). The minimum absolute atomic E-state index is 0.00978. The maximum absolute atomic E-state index is 12.3.